The number of cyclic esters (lactones) is 1. The van der Waals surface area contributed by atoms with E-state index in [1.54, 1.807) is 32.4 Å². The van der Waals surface area contributed by atoms with Crippen molar-refractivity contribution in [2.45, 2.75) is 0 Å². The number of hydrogen-bond donors (Lipinski definition) is 0. The van der Waals surface area contributed by atoms with Gasteiger partial charge in [-0.3, -0.25) is 0 Å². The van der Waals surface area contributed by atoms with Crippen molar-refractivity contribution in [1.29, 1.82) is 0 Å². The molecule has 122 valence electrons. The Morgan fingerprint density at radius 2 is 1.96 bits per heavy atom. The molecule has 1 aliphatic rings. The molecule has 0 radical (unpaired) electrons. The van der Waals surface area contributed by atoms with Gasteiger partial charge in [-0.1, -0.05) is 22.0 Å². The molecule has 0 bridgehead atoms. The lowest BCUT2D eigenvalue weighted by atomic mass is 10.1. The number of benzene rings is 2. The zero-order valence-corrected chi connectivity index (χ0v) is 14.7. The van der Waals surface area contributed by atoms with Gasteiger partial charge in [0.05, 0.1) is 14.2 Å². The molecular formula is C18H14BrNO4. The maximum absolute atomic E-state index is 12.1. The van der Waals surface area contributed by atoms with Crippen LogP contribution in [0.15, 0.2) is 57.6 Å². The Kier molecular flexibility index (Phi) is 4.66. The Labute approximate surface area is 147 Å². The number of hydrogen-bond acceptors (Lipinski definition) is 5. The van der Waals surface area contributed by atoms with Crippen molar-refractivity contribution in [3.63, 3.8) is 0 Å². The van der Waals surface area contributed by atoms with E-state index in [2.05, 4.69) is 20.9 Å². The van der Waals surface area contributed by atoms with Gasteiger partial charge >= 0.3 is 5.97 Å². The van der Waals surface area contributed by atoms with Crippen LogP contribution in [0.25, 0.3) is 6.08 Å². The molecule has 2 aromatic carbocycles. The van der Waals surface area contributed by atoms with Gasteiger partial charge in [-0.25, -0.2) is 9.79 Å². The Hall–Kier alpha value is -2.60. The molecule has 6 heteroatoms. The van der Waals surface area contributed by atoms with Crippen molar-refractivity contribution >= 4 is 33.9 Å². The lowest BCUT2D eigenvalue weighted by molar-refractivity contribution is -0.129. The van der Waals surface area contributed by atoms with E-state index in [0.717, 1.165) is 10.0 Å². The smallest absolute Gasteiger partial charge is 0.363 e. The highest BCUT2D eigenvalue weighted by Crippen LogP contribution is 2.27. The van der Waals surface area contributed by atoms with Crippen molar-refractivity contribution in [3.05, 3.63) is 63.8 Å². The van der Waals surface area contributed by atoms with Crippen LogP contribution in [0, 0.1) is 0 Å². The summed E-state index contributed by atoms with van der Waals surface area (Å²) in [6.45, 7) is 0. The molecule has 0 saturated heterocycles. The van der Waals surface area contributed by atoms with Gasteiger partial charge in [0.1, 0.15) is 11.5 Å². The minimum Gasteiger partial charge on any atom is -0.497 e. The zero-order chi connectivity index (χ0) is 17.1. The van der Waals surface area contributed by atoms with Gasteiger partial charge in [0.2, 0.25) is 5.90 Å². The summed E-state index contributed by atoms with van der Waals surface area (Å²) in [6.07, 6.45) is 1.64. The van der Waals surface area contributed by atoms with E-state index in [0.29, 0.717) is 17.1 Å². The molecule has 0 N–H and O–H groups in total. The fourth-order valence-corrected chi connectivity index (χ4v) is 2.63. The molecule has 0 aromatic heterocycles. The number of ether oxygens (including phenoxy) is 3. The summed E-state index contributed by atoms with van der Waals surface area (Å²) < 4.78 is 16.6. The number of halogens is 1. The SMILES string of the molecule is COc1cccc(C2=N/C(=C\c3cc(Br)ccc3OC)C(=O)O2)c1. The Balaban J connectivity index is 1.98. The number of esters is 1. The summed E-state index contributed by atoms with van der Waals surface area (Å²) in [7, 11) is 3.15. The molecule has 2 aromatic rings. The number of rotatable bonds is 4. The maximum Gasteiger partial charge on any atom is 0.363 e. The van der Waals surface area contributed by atoms with Gasteiger partial charge in [0.25, 0.3) is 0 Å². The molecule has 0 atom stereocenters. The van der Waals surface area contributed by atoms with Gasteiger partial charge in [-0.2, -0.15) is 0 Å². The average Bonchev–Trinajstić information content (AvgIpc) is 2.96. The van der Waals surface area contributed by atoms with Gasteiger partial charge < -0.3 is 14.2 Å². The second-order valence-electron chi connectivity index (χ2n) is 4.95. The van der Waals surface area contributed by atoms with Gasteiger partial charge in [0.15, 0.2) is 5.70 Å². The molecule has 3 rings (SSSR count). The van der Waals surface area contributed by atoms with Gasteiger partial charge in [-0.05, 0) is 42.5 Å². The molecule has 1 heterocycles. The van der Waals surface area contributed by atoms with E-state index >= 15 is 0 Å². The van der Waals surface area contributed by atoms with Crippen molar-refractivity contribution in [2.75, 3.05) is 14.2 Å². The lowest BCUT2D eigenvalue weighted by Gasteiger charge is -2.04. The highest BCUT2D eigenvalue weighted by atomic mass is 79.9. The molecule has 24 heavy (non-hydrogen) atoms. The van der Waals surface area contributed by atoms with E-state index in [9.17, 15) is 4.79 Å². The first-order chi connectivity index (χ1) is 11.6. The van der Waals surface area contributed by atoms with Gasteiger partial charge in [-0.15, -0.1) is 0 Å². The van der Waals surface area contributed by atoms with Crippen LogP contribution in [-0.4, -0.2) is 26.1 Å². The van der Waals surface area contributed by atoms with E-state index < -0.39 is 5.97 Å². The fourth-order valence-electron chi connectivity index (χ4n) is 2.25. The summed E-state index contributed by atoms with van der Waals surface area (Å²) in [5.74, 6) is 1.05. The monoisotopic (exact) mass is 387 g/mol. The first-order valence-corrected chi connectivity index (χ1v) is 7.90. The third-order valence-electron chi connectivity index (χ3n) is 3.42. The van der Waals surface area contributed by atoms with Crippen LogP contribution in [-0.2, 0) is 9.53 Å². The first kappa shape index (κ1) is 16.3. The number of methoxy groups -OCH3 is 2. The van der Waals surface area contributed by atoms with E-state index in [1.807, 2.05) is 30.3 Å². The summed E-state index contributed by atoms with van der Waals surface area (Å²) in [5.41, 5.74) is 1.62. The number of carbonyl (C=O) groups excluding carboxylic acids is 1. The largest absolute Gasteiger partial charge is 0.497 e. The molecule has 1 aliphatic heterocycles. The van der Waals surface area contributed by atoms with Crippen LogP contribution in [0.4, 0.5) is 0 Å². The quantitative estimate of drug-likeness (QED) is 0.591. The Morgan fingerprint density at radius 1 is 1.12 bits per heavy atom. The van der Waals surface area contributed by atoms with E-state index in [4.69, 9.17) is 14.2 Å². The zero-order valence-electron chi connectivity index (χ0n) is 13.1. The second-order valence-corrected chi connectivity index (χ2v) is 5.87. The number of nitrogens with zero attached hydrogens (tertiary/aromatic N) is 1. The standard InChI is InChI=1S/C18H14BrNO4/c1-22-14-5-3-4-11(9-14)17-20-15(18(21)24-17)10-12-8-13(19)6-7-16(12)23-2/h3-10H,1-2H3/b15-10-. The topological polar surface area (TPSA) is 57.1 Å². The summed E-state index contributed by atoms with van der Waals surface area (Å²) in [5, 5.41) is 0. The highest BCUT2D eigenvalue weighted by Gasteiger charge is 2.24. The molecule has 0 spiro atoms. The molecular weight excluding hydrogens is 374 g/mol. The van der Waals surface area contributed by atoms with E-state index in [-0.39, 0.29) is 11.6 Å². The van der Waals surface area contributed by atoms with Crippen LogP contribution in [0.2, 0.25) is 0 Å². The normalized spacial score (nSPS) is 15.2. The third-order valence-corrected chi connectivity index (χ3v) is 3.91. The van der Waals surface area contributed by atoms with Crippen LogP contribution in [0.3, 0.4) is 0 Å². The maximum atomic E-state index is 12.1. The summed E-state index contributed by atoms with van der Waals surface area (Å²) >= 11 is 3.40. The van der Waals surface area contributed by atoms with Crippen LogP contribution < -0.4 is 9.47 Å². The number of carbonyl (C=O) groups is 1. The Morgan fingerprint density at radius 3 is 2.71 bits per heavy atom. The van der Waals surface area contributed by atoms with Crippen LogP contribution in [0.5, 0.6) is 11.5 Å². The minimum atomic E-state index is -0.505. The van der Waals surface area contributed by atoms with Crippen molar-refractivity contribution in [1.82, 2.24) is 0 Å². The average molecular weight is 388 g/mol. The van der Waals surface area contributed by atoms with E-state index in [1.165, 1.54) is 0 Å². The van der Waals surface area contributed by atoms with Gasteiger partial charge in [0, 0.05) is 15.6 Å². The molecule has 0 amide bonds. The summed E-state index contributed by atoms with van der Waals surface area (Å²) in [4.78, 5) is 16.4. The lowest BCUT2D eigenvalue weighted by Crippen LogP contribution is -2.05. The molecule has 0 fully saturated rings. The molecule has 0 saturated carbocycles. The van der Waals surface area contributed by atoms with Crippen molar-refractivity contribution < 1.29 is 19.0 Å². The predicted molar refractivity (Wildman–Crippen MR) is 94.3 cm³/mol. The third kappa shape index (κ3) is 3.33. The molecule has 0 unspecified atom stereocenters. The minimum absolute atomic E-state index is 0.212. The Bertz CT molecular complexity index is 858. The number of aliphatic imine (C=N–C) groups is 1. The first-order valence-electron chi connectivity index (χ1n) is 7.11. The van der Waals surface area contributed by atoms with Crippen molar-refractivity contribution in [3.8, 4) is 11.5 Å². The predicted octanol–water partition coefficient (Wildman–Crippen LogP) is 3.81. The van der Waals surface area contributed by atoms with Crippen LogP contribution in [0.1, 0.15) is 11.1 Å². The molecule has 5 nitrogen and oxygen atoms in total. The summed E-state index contributed by atoms with van der Waals surface area (Å²) in [6, 6.07) is 12.7. The second kappa shape index (κ2) is 6.88. The van der Waals surface area contributed by atoms with Crippen molar-refractivity contribution in [2.24, 2.45) is 4.99 Å². The highest BCUT2D eigenvalue weighted by molar-refractivity contribution is 9.10. The van der Waals surface area contributed by atoms with Crippen LogP contribution >= 0.6 is 15.9 Å². The molecule has 0 aliphatic carbocycles. The fraction of sp³-hybridized carbons (Fsp3) is 0.111.